The average molecular weight is 199 g/mol. The zero-order valence-corrected chi connectivity index (χ0v) is 6.54. The van der Waals surface area contributed by atoms with Gasteiger partial charge in [-0.1, -0.05) is 0 Å². The molecule has 0 atom stereocenters. The van der Waals surface area contributed by atoms with Crippen LogP contribution in [-0.4, -0.2) is 36.8 Å². The van der Waals surface area contributed by atoms with Gasteiger partial charge in [-0.05, 0) is 0 Å². The average Bonchev–Trinajstić information content (AvgIpc) is 2.03. The largest absolute Gasteiger partial charge is 0.479 e. The monoisotopic (exact) mass is 199 g/mol. The van der Waals surface area contributed by atoms with E-state index >= 15 is 0 Å². The van der Waals surface area contributed by atoms with Gasteiger partial charge in [-0.2, -0.15) is 8.78 Å². The molecule has 8 heteroatoms. The molecule has 0 heterocycles. The van der Waals surface area contributed by atoms with Gasteiger partial charge in [-0.25, -0.2) is 10.3 Å². The fourth-order valence-electron chi connectivity index (χ4n) is 0.315. The van der Waals surface area contributed by atoms with Gasteiger partial charge in [0.2, 0.25) is 0 Å². The van der Waals surface area contributed by atoms with Gasteiger partial charge in [0.05, 0.1) is 0 Å². The van der Waals surface area contributed by atoms with E-state index < -0.39 is 24.6 Å². The number of halogens is 2. The summed E-state index contributed by atoms with van der Waals surface area (Å²) in [6.07, 6.45) is -4.03. The van der Waals surface area contributed by atoms with Crippen molar-refractivity contribution in [1.82, 2.24) is 5.48 Å². The van der Waals surface area contributed by atoms with Crippen LogP contribution in [0, 0.1) is 0 Å². The predicted octanol–water partition coefficient (Wildman–Crippen LogP) is -0.642. The molecule has 0 saturated heterocycles. The van der Waals surface area contributed by atoms with Crippen LogP contribution in [0.1, 0.15) is 0 Å². The Morgan fingerprint density at radius 2 is 2.08 bits per heavy atom. The number of hydroxylamine groups is 1. The highest BCUT2D eigenvalue weighted by atomic mass is 19.3. The number of rotatable bonds is 5. The van der Waals surface area contributed by atoms with Gasteiger partial charge in [0.25, 0.3) is 0 Å². The van der Waals surface area contributed by atoms with Gasteiger partial charge >= 0.3 is 18.0 Å². The van der Waals surface area contributed by atoms with E-state index in [0.29, 0.717) is 7.11 Å². The number of ether oxygens (including phenoxy) is 1. The predicted molar refractivity (Wildman–Crippen MR) is 33.7 cm³/mol. The fraction of sp³-hybridized carbons (Fsp3) is 0.600. The second kappa shape index (κ2) is 4.67. The zero-order chi connectivity index (χ0) is 10.5. The van der Waals surface area contributed by atoms with Crippen molar-refractivity contribution in [3.05, 3.63) is 0 Å². The molecular formula is C5H7F2NO5. The van der Waals surface area contributed by atoms with Crippen molar-refractivity contribution < 1.29 is 33.1 Å². The van der Waals surface area contributed by atoms with Crippen molar-refractivity contribution in [1.29, 1.82) is 0 Å². The Hall–Kier alpha value is -1.28. The molecular weight excluding hydrogens is 192 g/mol. The van der Waals surface area contributed by atoms with Crippen molar-refractivity contribution in [3.8, 4) is 0 Å². The summed E-state index contributed by atoms with van der Waals surface area (Å²) < 4.78 is 27.9. The minimum atomic E-state index is -4.03. The number of carbonyl (C=O) groups excluding carboxylic acids is 1. The number of hydrogen-bond donors (Lipinski definition) is 2. The number of nitrogens with one attached hydrogen (secondary N) is 1. The summed E-state index contributed by atoms with van der Waals surface area (Å²) in [5, 5.41) is 7.99. The molecule has 13 heavy (non-hydrogen) atoms. The Morgan fingerprint density at radius 3 is 2.46 bits per heavy atom. The maximum Gasteiger partial charge on any atom is 0.438 e. The molecule has 0 aromatic heterocycles. The smallest absolute Gasteiger partial charge is 0.438 e. The number of carbonyl (C=O) groups is 2. The van der Waals surface area contributed by atoms with Crippen LogP contribution < -0.4 is 5.48 Å². The van der Waals surface area contributed by atoms with Crippen LogP contribution in [0.25, 0.3) is 0 Å². The molecule has 0 bridgehead atoms. The summed E-state index contributed by atoms with van der Waals surface area (Å²) in [7, 11) is 0.622. The number of hydrogen-bond acceptors (Lipinski definition) is 4. The molecule has 0 rings (SSSR count). The minimum absolute atomic E-state index is 0.622. The molecule has 6 nitrogen and oxygen atoms in total. The lowest BCUT2D eigenvalue weighted by molar-refractivity contribution is -0.228. The molecule has 0 aliphatic heterocycles. The third kappa shape index (κ3) is 4.33. The molecule has 2 N–H and O–H groups in total. The van der Waals surface area contributed by atoms with E-state index in [-0.39, 0.29) is 0 Å². The van der Waals surface area contributed by atoms with E-state index in [1.807, 2.05) is 0 Å². The van der Waals surface area contributed by atoms with Crippen molar-refractivity contribution >= 4 is 11.9 Å². The molecule has 0 fully saturated rings. The summed E-state index contributed by atoms with van der Waals surface area (Å²) in [6.45, 7) is -0.911. The molecule has 76 valence electrons. The van der Waals surface area contributed by atoms with E-state index in [9.17, 15) is 18.4 Å². The second-order valence-corrected chi connectivity index (χ2v) is 1.83. The van der Waals surface area contributed by atoms with Crippen LogP contribution in [-0.2, 0) is 19.2 Å². The molecule has 0 aliphatic rings. The minimum Gasteiger partial charge on any atom is -0.479 e. The Kier molecular flexibility index (Phi) is 4.21. The lowest BCUT2D eigenvalue weighted by atomic mass is 10.6. The maximum atomic E-state index is 12.2. The Bertz CT molecular complexity index is 207. The van der Waals surface area contributed by atoms with E-state index in [4.69, 9.17) is 5.11 Å². The van der Waals surface area contributed by atoms with E-state index in [1.165, 1.54) is 5.48 Å². The first-order valence-corrected chi connectivity index (χ1v) is 2.97. The normalized spacial score (nSPS) is 11.0. The molecule has 0 aliphatic carbocycles. The first-order valence-electron chi connectivity index (χ1n) is 2.97. The van der Waals surface area contributed by atoms with Gasteiger partial charge in [0.15, 0.2) is 6.61 Å². The third-order valence-corrected chi connectivity index (χ3v) is 0.881. The fourth-order valence-corrected chi connectivity index (χ4v) is 0.315. The van der Waals surface area contributed by atoms with Gasteiger partial charge in [0.1, 0.15) is 0 Å². The summed E-state index contributed by atoms with van der Waals surface area (Å²) in [5.74, 6) is -3.27. The second-order valence-electron chi connectivity index (χ2n) is 1.83. The highest BCUT2D eigenvalue weighted by molar-refractivity contribution is 5.81. The molecule has 0 radical (unpaired) electrons. The Labute approximate surface area is 71.4 Å². The Morgan fingerprint density at radius 1 is 1.54 bits per heavy atom. The number of carboxylic acid groups (broad SMARTS) is 1. The molecule has 0 unspecified atom stereocenters. The number of amides is 1. The molecule has 0 aromatic rings. The number of methoxy groups -OCH3 is 1. The van der Waals surface area contributed by atoms with Crippen LogP contribution in [0.3, 0.4) is 0 Å². The standard InChI is InChI=1S/C5H7F2NO5/c1-12-5(6,7)4(11)8-13-2-3(9)10/h2H2,1H3,(H,8,11)(H,9,10). The van der Waals surface area contributed by atoms with Gasteiger partial charge in [-0.3, -0.25) is 9.63 Å². The van der Waals surface area contributed by atoms with Crippen LogP contribution in [0.4, 0.5) is 8.78 Å². The lowest BCUT2D eigenvalue weighted by Gasteiger charge is -2.12. The van der Waals surface area contributed by atoms with E-state index in [2.05, 4.69) is 9.57 Å². The van der Waals surface area contributed by atoms with Gasteiger partial charge in [0, 0.05) is 7.11 Å². The Balaban J connectivity index is 3.81. The molecule has 1 amide bonds. The topological polar surface area (TPSA) is 84.9 Å². The summed E-state index contributed by atoms with van der Waals surface area (Å²) >= 11 is 0. The molecule has 0 saturated carbocycles. The SMILES string of the molecule is COC(F)(F)C(=O)NOCC(=O)O. The quantitative estimate of drug-likeness (QED) is 0.575. The van der Waals surface area contributed by atoms with Gasteiger partial charge < -0.3 is 9.84 Å². The van der Waals surface area contributed by atoms with Crippen molar-refractivity contribution in [2.75, 3.05) is 13.7 Å². The maximum absolute atomic E-state index is 12.2. The first kappa shape index (κ1) is 11.7. The van der Waals surface area contributed by atoms with E-state index in [1.54, 1.807) is 0 Å². The summed E-state index contributed by atoms with van der Waals surface area (Å²) in [6, 6.07) is 0. The van der Waals surface area contributed by atoms with Crippen LogP contribution in [0.15, 0.2) is 0 Å². The number of alkyl halides is 2. The lowest BCUT2D eigenvalue weighted by Crippen LogP contribution is -2.42. The first-order chi connectivity index (χ1) is 5.90. The van der Waals surface area contributed by atoms with Crippen LogP contribution >= 0.6 is 0 Å². The van der Waals surface area contributed by atoms with Crippen LogP contribution in [0.2, 0.25) is 0 Å². The van der Waals surface area contributed by atoms with Crippen molar-refractivity contribution in [3.63, 3.8) is 0 Å². The molecule has 0 aromatic carbocycles. The van der Waals surface area contributed by atoms with E-state index in [0.717, 1.165) is 0 Å². The molecule has 0 spiro atoms. The van der Waals surface area contributed by atoms with Crippen LogP contribution in [0.5, 0.6) is 0 Å². The van der Waals surface area contributed by atoms with Crippen molar-refractivity contribution in [2.45, 2.75) is 6.11 Å². The summed E-state index contributed by atoms with van der Waals surface area (Å²) in [4.78, 5) is 24.1. The highest BCUT2D eigenvalue weighted by Gasteiger charge is 2.39. The zero-order valence-electron chi connectivity index (χ0n) is 6.54. The van der Waals surface area contributed by atoms with Crippen molar-refractivity contribution in [2.24, 2.45) is 0 Å². The van der Waals surface area contributed by atoms with Gasteiger partial charge in [-0.15, -0.1) is 0 Å². The number of carboxylic acids is 1. The highest BCUT2D eigenvalue weighted by Crippen LogP contribution is 2.12. The number of aliphatic carboxylic acids is 1. The third-order valence-electron chi connectivity index (χ3n) is 0.881. The summed E-state index contributed by atoms with van der Waals surface area (Å²) in [5.41, 5.74) is 1.21.